The van der Waals surface area contributed by atoms with Gasteiger partial charge in [0.25, 0.3) is 0 Å². The summed E-state index contributed by atoms with van der Waals surface area (Å²) in [6.45, 7) is 9.27. The van der Waals surface area contributed by atoms with Gasteiger partial charge in [-0.2, -0.15) is 0 Å². The summed E-state index contributed by atoms with van der Waals surface area (Å²) in [7, 11) is 0. The molecule has 0 saturated heterocycles. The number of ether oxygens (including phenoxy) is 1. The average Bonchev–Trinajstić information content (AvgIpc) is 3.51. The lowest BCUT2D eigenvalue weighted by molar-refractivity contribution is -0.169. The topological polar surface area (TPSA) is 63.6 Å². The van der Waals surface area contributed by atoms with E-state index in [-0.39, 0.29) is 17.5 Å². The minimum Gasteiger partial charge on any atom is -0.481 e. The SMILES string of the molecule is CCCCCCCCCCCCCCCCCC(CCCCCCCCCCCCCC)(CCCCCCCCCCCCCCCC)OC(=O)C(CCCCCCCCCCCC)CCCCCCCCCCCCCCCC(=O)O. The number of carboxylic acids is 1. The normalized spacial score (nSPS) is 12.8. The van der Waals surface area contributed by atoms with E-state index in [4.69, 9.17) is 9.84 Å². The summed E-state index contributed by atoms with van der Waals surface area (Å²) < 4.78 is 7.29. The molecule has 0 radical (unpaired) electrons. The molecule has 0 aromatic carbocycles. The third-order valence-electron chi connectivity index (χ3n) is 19.2. The van der Waals surface area contributed by atoms with Crippen molar-refractivity contribution in [2.75, 3.05) is 0 Å². The molecule has 0 aromatic rings. The Morgan fingerprint density at radius 3 is 0.622 bits per heavy atom. The predicted molar refractivity (Wildman–Crippen MR) is 366 cm³/mol. The van der Waals surface area contributed by atoms with E-state index in [0.717, 1.165) is 44.9 Å². The molecule has 0 heterocycles. The minimum absolute atomic E-state index is 0.0666. The molecule has 2 atom stereocenters. The Kier molecular flexibility index (Phi) is 68.2. The number of carboxylic acid groups (broad SMARTS) is 1. The van der Waals surface area contributed by atoms with Crippen LogP contribution in [0.5, 0.6) is 0 Å². The summed E-state index contributed by atoms with van der Waals surface area (Å²) in [5.74, 6) is -0.394. The third-order valence-corrected chi connectivity index (χ3v) is 19.2. The Hall–Kier alpha value is -1.06. The van der Waals surface area contributed by atoms with Crippen LogP contribution in [-0.2, 0) is 14.3 Å². The molecule has 4 nitrogen and oxygen atoms in total. The third kappa shape index (κ3) is 62.0. The molecule has 490 valence electrons. The van der Waals surface area contributed by atoms with E-state index in [1.54, 1.807) is 0 Å². The lowest BCUT2D eigenvalue weighted by Gasteiger charge is -2.36. The number of hydrogen-bond donors (Lipinski definition) is 1. The molecule has 0 aliphatic carbocycles. The second-order valence-electron chi connectivity index (χ2n) is 27.5. The Morgan fingerprint density at radius 1 is 0.256 bits per heavy atom. The van der Waals surface area contributed by atoms with Crippen molar-refractivity contribution in [3.63, 3.8) is 0 Å². The number of hydrogen-bond acceptors (Lipinski definition) is 3. The average molecular weight is 1160 g/mol. The van der Waals surface area contributed by atoms with Crippen molar-refractivity contribution in [3.05, 3.63) is 0 Å². The van der Waals surface area contributed by atoms with Gasteiger partial charge in [0.15, 0.2) is 0 Å². The van der Waals surface area contributed by atoms with Crippen LogP contribution < -0.4 is 0 Å². The Bertz CT molecular complexity index is 1220. The van der Waals surface area contributed by atoms with Gasteiger partial charge in [-0.1, -0.05) is 413 Å². The van der Waals surface area contributed by atoms with Crippen LogP contribution in [-0.4, -0.2) is 22.6 Å². The van der Waals surface area contributed by atoms with Crippen LogP contribution in [0.3, 0.4) is 0 Å². The minimum atomic E-state index is -0.658. The first-order valence-electron chi connectivity index (χ1n) is 38.9. The van der Waals surface area contributed by atoms with Gasteiger partial charge in [-0.15, -0.1) is 0 Å². The van der Waals surface area contributed by atoms with Crippen molar-refractivity contribution >= 4 is 11.9 Å². The van der Waals surface area contributed by atoms with Crippen molar-refractivity contribution in [2.24, 2.45) is 5.92 Å². The fourth-order valence-electron chi connectivity index (χ4n) is 13.4. The quantitative estimate of drug-likeness (QED) is 0.0487. The summed E-state index contributed by atoms with van der Waals surface area (Å²) in [6.07, 6.45) is 91.8. The standard InChI is InChI=1S/C78H154O4/c1-5-9-13-17-21-25-29-32-34-39-44-50-56-62-68-74-78(72-66-60-54-48-42-31-27-23-19-15-11-7-3,73-67-61-55-49-43-38-33-30-26-22-18-14-10-6-2)82-77(81)75(69-63-57-51-45-28-24-20-16-12-8-4)70-64-58-52-46-40-36-35-37-41-47-53-59-65-71-76(79)80/h75H,5-74H2,1-4H3,(H,79,80). The van der Waals surface area contributed by atoms with Gasteiger partial charge in [0.2, 0.25) is 0 Å². The van der Waals surface area contributed by atoms with Crippen LogP contribution in [0.15, 0.2) is 0 Å². The van der Waals surface area contributed by atoms with E-state index in [1.165, 1.54) is 398 Å². The van der Waals surface area contributed by atoms with Gasteiger partial charge in [0.1, 0.15) is 5.60 Å². The highest BCUT2D eigenvalue weighted by atomic mass is 16.6. The van der Waals surface area contributed by atoms with Gasteiger partial charge in [0.05, 0.1) is 5.92 Å². The smallest absolute Gasteiger partial charge is 0.309 e. The molecule has 0 fully saturated rings. The van der Waals surface area contributed by atoms with Crippen LogP contribution in [0.4, 0.5) is 0 Å². The molecular weight excluding hydrogens is 1000 g/mol. The lowest BCUT2D eigenvalue weighted by Crippen LogP contribution is -2.38. The summed E-state index contributed by atoms with van der Waals surface area (Å²) in [6, 6.07) is 0. The fourth-order valence-corrected chi connectivity index (χ4v) is 13.4. The van der Waals surface area contributed by atoms with Crippen LogP contribution in [0, 0.1) is 5.92 Å². The van der Waals surface area contributed by atoms with Crippen LogP contribution in [0.2, 0.25) is 0 Å². The number of carbonyl (C=O) groups is 2. The Labute approximate surface area is 517 Å². The monoisotopic (exact) mass is 1160 g/mol. The van der Waals surface area contributed by atoms with E-state index in [2.05, 4.69) is 27.7 Å². The number of carbonyl (C=O) groups excluding carboxylic acids is 1. The van der Waals surface area contributed by atoms with E-state index < -0.39 is 5.97 Å². The molecular formula is C78H154O4. The van der Waals surface area contributed by atoms with Gasteiger partial charge in [-0.3, -0.25) is 9.59 Å². The zero-order chi connectivity index (χ0) is 59.4. The first-order valence-corrected chi connectivity index (χ1v) is 38.9. The molecule has 0 aliphatic heterocycles. The van der Waals surface area contributed by atoms with Crippen LogP contribution >= 0.6 is 0 Å². The molecule has 4 heteroatoms. The predicted octanol–water partition coefficient (Wildman–Crippen LogP) is 28.4. The maximum Gasteiger partial charge on any atom is 0.309 e. The molecule has 0 aromatic heterocycles. The highest BCUT2D eigenvalue weighted by Crippen LogP contribution is 2.36. The first kappa shape index (κ1) is 80.9. The van der Waals surface area contributed by atoms with Crippen LogP contribution in [0.1, 0.15) is 477 Å². The summed E-state index contributed by atoms with van der Waals surface area (Å²) in [4.78, 5) is 25.8. The van der Waals surface area contributed by atoms with E-state index in [1.807, 2.05) is 0 Å². The molecule has 0 aliphatic rings. The van der Waals surface area contributed by atoms with E-state index in [0.29, 0.717) is 6.42 Å². The Balaban J connectivity index is 5.82. The van der Waals surface area contributed by atoms with Gasteiger partial charge in [-0.05, 0) is 57.8 Å². The number of rotatable bonds is 73. The molecule has 0 saturated carbocycles. The van der Waals surface area contributed by atoms with Crippen molar-refractivity contribution in [3.8, 4) is 0 Å². The highest BCUT2D eigenvalue weighted by Gasteiger charge is 2.35. The summed E-state index contributed by atoms with van der Waals surface area (Å²) in [5.41, 5.74) is -0.278. The van der Waals surface area contributed by atoms with Crippen molar-refractivity contribution in [1.82, 2.24) is 0 Å². The molecule has 82 heavy (non-hydrogen) atoms. The van der Waals surface area contributed by atoms with Gasteiger partial charge >= 0.3 is 11.9 Å². The molecule has 1 N–H and O–H groups in total. The zero-order valence-electron chi connectivity index (χ0n) is 57.2. The number of aliphatic carboxylic acids is 1. The maximum absolute atomic E-state index is 15.0. The molecule has 2 unspecified atom stereocenters. The molecule has 0 bridgehead atoms. The number of unbranched alkanes of at least 4 members (excludes halogenated alkanes) is 59. The van der Waals surface area contributed by atoms with Gasteiger partial charge in [0, 0.05) is 6.42 Å². The summed E-state index contributed by atoms with van der Waals surface area (Å²) in [5, 5.41) is 8.89. The van der Waals surface area contributed by atoms with E-state index in [9.17, 15) is 4.79 Å². The maximum atomic E-state index is 15.0. The van der Waals surface area contributed by atoms with Crippen LogP contribution in [0.25, 0.3) is 0 Å². The van der Waals surface area contributed by atoms with Crippen molar-refractivity contribution in [1.29, 1.82) is 0 Å². The Morgan fingerprint density at radius 2 is 0.427 bits per heavy atom. The van der Waals surface area contributed by atoms with Crippen molar-refractivity contribution < 1.29 is 19.4 Å². The van der Waals surface area contributed by atoms with Gasteiger partial charge < -0.3 is 9.84 Å². The zero-order valence-corrected chi connectivity index (χ0v) is 57.2. The number of esters is 1. The highest BCUT2D eigenvalue weighted by molar-refractivity contribution is 5.73. The first-order chi connectivity index (χ1) is 40.4. The fraction of sp³-hybridized carbons (Fsp3) is 0.974. The molecule has 0 amide bonds. The lowest BCUT2D eigenvalue weighted by atomic mass is 9.84. The van der Waals surface area contributed by atoms with Gasteiger partial charge in [-0.25, -0.2) is 0 Å². The second-order valence-corrected chi connectivity index (χ2v) is 27.5. The molecule has 0 rings (SSSR count). The molecule has 0 spiro atoms. The summed E-state index contributed by atoms with van der Waals surface area (Å²) >= 11 is 0. The second kappa shape index (κ2) is 69.0. The van der Waals surface area contributed by atoms with Crippen molar-refractivity contribution in [2.45, 2.75) is 483 Å². The van der Waals surface area contributed by atoms with E-state index >= 15 is 4.79 Å². The largest absolute Gasteiger partial charge is 0.481 e.